The predicted molar refractivity (Wildman–Crippen MR) is 249 cm³/mol. The van der Waals surface area contributed by atoms with Gasteiger partial charge in [0.2, 0.25) is 23.6 Å². The van der Waals surface area contributed by atoms with Crippen LogP contribution < -0.4 is 31.3 Å². The lowest BCUT2D eigenvalue weighted by Crippen LogP contribution is -2.60. The third kappa shape index (κ3) is 13.4. The number of carboxylic acid groups (broad SMARTS) is 1. The Balaban J connectivity index is 1.21. The van der Waals surface area contributed by atoms with E-state index < -0.39 is 72.3 Å². The highest BCUT2D eigenvalue weighted by Gasteiger charge is 2.34. The number of benzene rings is 5. The fourth-order valence-corrected chi connectivity index (χ4v) is 8.70. The van der Waals surface area contributed by atoms with Gasteiger partial charge in [-0.1, -0.05) is 133 Å². The standard InChI is InChI=1S/C51H51N5O8S/c57-46-32-64-39-24-20-36(21-25-39)29-43(49(60)56-45(51(62)63)30-34-13-6-2-7-14-34)54-47(58)41(27-33-11-4-1-5-12-33)53-48(59)42(55-50(61)44(52-46)31-40-17-10-26-65-40)28-35-18-22-38(23-19-35)37-15-8-3-9-16-37/h1-16,18-26,40-45H,17,27-32H2,(H,52,57)(H,53,59)(H,54,58)(H,55,61)(H,56,60)(H,62,63)/t40?,41-,42-,43-,44-,45-/m0/s1. The number of fused-ring (bicyclic) bond motifs is 16. The molecule has 0 spiro atoms. The van der Waals surface area contributed by atoms with Crippen LogP contribution in [0.1, 0.15) is 35.1 Å². The Morgan fingerprint density at radius 2 is 1.20 bits per heavy atom. The van der Waals surface area contributed by atoms with Crippen molar-refractivity contribution in [2.24, 2.45) is 0 Å². The number of thioether (sulfide) groups is 1. The number of carboxylic acids is 1. The minimum Gasteiger partial charge on any atom is -0.484 e. The lowest BCUT2D eigenvalue weighted by atomic mass is 9.98. The molecule has 5 aromatic carbocycles. The van der Waals surface area contributed by atoms with Gasteiger partial charge in [0.25, 0.3) is 5.91 Å². The fourth-order valence-electron chi connectivity index (χ4n) is 7.73. The number of carbonyl (C=O) groups is 6. The smallest absolute Gasteiger partial charge is 0.326 e. The third-order valence-electron chi connectivity index (χ3n) is 11.2. The summed E-state index contributed by atoms with van der Waals surface area (Å²) < 4.78 is 5.81. The monoisotopic (exact) mass is 893 g/mol. The zero-order valence-corrected chi connectivity index (χ0v) is 36.4. The minimum atomic E-state index is -1.32. The van der Waals surface area contributed by atoms with Gasteiger partial charge in [0, 0.05) is 30.9 Å². The molecule has 6 N–H and O–H groups in total. The average Bonchev–Trinajstić information content (AvgIpc) is 3.84. The Morgan fingerprint density at radius 3 is 1.80 bits per heavy atom. The molecule has 2 bridgehead atoms. The number of aliphatic carboxylic acids is 1. The third-order valence-corrected chi connectivity index (χ3v) is 12.3. The van der Waals surface area contributed by atoms with E-state index >= 15 is 0 Å². The van der Waals surface area contributed by atoms with Crippen LogP contribution in [0.3, 0.4) is 0 Å². The molecule has 14 heteroatoms. The van der Waals surface area contributed by atoms with Crippen molar-refractivity contribution in [1.29, 1.82) is 0 Å². The van der Waals surface area contributed by atoms with Crippen LogP contribution in [0.15, 0.2) is 151 Å². The topological polar surface area (TPSA) is 192 Å². The summed E-state index contributed by atoms with van der Waals surface area (Å²) in [6, 6.07) is 35.8. The maximum absolute atomic E-state index is 14.7. The van der Waals surface area contributed by atoms with Gasteiger partial charge in [0.1, 0.15) is 36.0 Å². The highest BCUT2D eigenvalue weighted by Crippen LogP contribution is 2.28. The van der Waals surface area contributed by atoms with Crippen molar-refractivity contribution < 1.29 is 38.6 Å². The van der Waals surface area contributed by atoms with E-state index in [1.54, 1.807) is 90.6 Å². The van der Waals surface area contributed by atoms with E-state index in [-0.39, 0.29) is 37.4 Å². The second-order valence-corrected chi connectivity index (χ2v) is 17.3. The molecule has 3 aliphatic heterocycles. The Hall–Kier alpha value is -7.19. The number of carbonyl (C=O) groups excluding carboxylic acids is 5. The summed E-state index contributed by atoms with van der Waals surface area (Å²) in [5.41, 5.74) is 4.68. The van der Waals surface area contributed by atoms with Gasteiger partial charge >= 0.3 is 5.97 Å². The summed E-state index contributed by atoms with van der Waals surface area (Å²) in [7, 11) is 0. The summed E-state index contributed by atoms with van der Waals surface area (Å²) in [4.78, 5) is 83.6. The van der Waals surface area contributed by atoms with Crippen LogP contribution in [0.5, 0.6) is 5.75 Å². The lowest BCUT2D eigenvalue weighted by molar-refractivity contribution is -0.142. The van der Waals surface area contributed by atoms with Gasteiger partial charge < -0.3 is 36.4 Å². The van der Waals surface area contributed by atoms with Gasteiger partial charge in [-0.3, -0.25) is 24.0 Å². The van der Waals surface area contributed by atoms with Crippen molar-refractivity contribution in [1.82, 2.24) is 26.6 Å². The quantitative estimate of drug-likeness (QED) is 0.0943. The summed E-state index contributed by atoms with van der Waals surface area (Å²) in [6.45, 7) is -0.406. The van der Waals surface area contributed by atoms with Crippen molar-refractivity contribution in [3.05, 3.63) is 173 Å². The van der Waals surface area contributed by atoms with Gasteiger partial charge in [0.15, 0.2) is 6.61 Å². The molecule has 65 heavy (non-hydrogen) atoms. The fraction of sp³-hybridized carbons (Fsp3) is 0.255. The number of allylic oxidation sites excluding steroid dienone is 1. The molecule has 8 rings (SSSR count). The molecule has 0 aliphatic carbocycles. The SMILES string of the molecule is O=C1COc2ccc(cc2)C[C@@H](C(=O)N[C@@H](Cc2ccccc2)C(=O)O)NC(=O)[C@H](Cc2ccccc2)NC(=O)[C@H](Cc2ccc(-c3ccccc3)cc2)NC(=O)[C@H](CC2CC=CS2)N1. The van der Waals surface area contributed by atoms with Crippen LogP contribution in [0.25, 0.3) is 11.1 Å². The molecule has 5 aromatic rings. The van der Waals surface area contributed by atoms with E-state index in [2.05, 4.69) is 26.6 Å². The molecular weight excluding hydrogens is 843 g/mol. The molecule has 1 unspecified atom stereocenters. The molecule has 0 saturated heterocycles. The molecular formula is C51H51N5O8S. The molecule has 3 heterocycles. The summed E-state index contributed by atoms with van der Waals surface area (Å²) >= 11 is 1.56. The highest BCUT2D eigenvalue weighted by molar-refractivity contribution is 8.03. The second kappa shape index (κ2) is 22.4. The van der Waals surface area contributed by atoms with E-state index in [1.807, 2.05) is 72.1 Å². The predicted octanol–water partition coefficient (Wildman–Crippen LogP) is 4.93. The first-order chi connectivity index (χ1) is 31.6. The Labute approximate surface area is 381 Å². The normalized spacial score (nSPS) is 21.0. The number of nitrogens with one attached hydrogen (secondary N) is 5. The number of amides is 5. The van der Waals surface area contributed by atoms with E-state index in [9.17, 15) is 33.9 Å². The molecule has 0 aromatic heterocycles. The number of hydrogen-bond acceptors (Lipinski definition) is 8. The van der Waals surface area contributed by atoms with Crippen molar-refractivity contribution in [2.45, 2.75) is 74.0 Å². The van der Waals surface area contributed by atoms with E-state index in [1.165, 1.54) is 0 Å². The lowest BCUT2D eigenvalue weighted by Gasteiger charge is -2.27. The number of hydrogen-bond donors (Lipinski definition) is 6. The van der Waals surface area contributed by atoms with Crippen LogP contribution in [-0.4, -0.2) is 82.7 Å². The van der Waals surface area contributed by atoms with Gasteiger partial charge in [-0.15, -0.1) is 11.8 Å². The van der Waals surface area contributed by atoms with Gasteiger partial charge in [-0.2, -0.15) is 0 Å². The first-order valence-corrected chi connectivity index (χ1v) is 22.5. The zero-order chi connectivity index (χ0) is 45.5. The van der Waals surface area contributed by atoms with Crippen LogP contribution >= 0.6 is 11.8 Å². The molecule has 6 atom stereocenters. The minimum absolute atomic E-state index is 0.00574. The van der Waals surface area contributed by atoms with Crippen LogP contribution in [0, 0.1) is 0 Å². The molecule has 5 amide bonds. The van der Waals surface area contributed by atoms with Crippen LogP contribution in [0.2, 0.25) is 0 Å². The van der Waals surface area contributed by atoms with Gasteiger partial charge in [0.05, 0.1) is 0 Å². The summed E-state index contributed by atoms with van der Waals surface area (Å²) in [5.74, 6) is -4.17. The van der Waals surface area contributed by atoms with E-state index in [4.69, 9.17) is 4.74 Å². The number of ether oxygens (including phenoxy) is 1. The molecule has 0 fully saturated rings. The number of rotatable bonds is 12. The molecule has 334 valence electrons. The highest BCUT2D eigenvalue weighted by atomic mass is 32.2. The van der Waals surface area contributed by atoms with E-state index in [0.717, 1.165) is 16.7 Å². The maximum atomic E-state index is 14.7. The average molecular weight is 894 g/mol. The maximum Gasteiger partial charge on any atom is 0.326 e. The zero-order valence-electron chi connectivity index (χ0n) is 35.6. The van der Waals surface area contributed by atoms with Crippen LogP contribution in [-0.2, 0) is 54.5 Å². The molecule has 3 aliphatic rings. The van der Waals surface area contributed by atoms with Crippen molar-refractivity contribution in [3.8, 4) is 16.9 Å². The summed E-state index contributed by atoms with van der Waals surface area (Å²) in [5, 5.41) is 26.2. The first kappa shape index (κ1) is 45.8. The van der Waals surface area contributed by atoms with Crippen molar-refractivity contribution in [2.75, 3.05) is 6.61 Å². The molecule has 0 radical (unpaired) electrons. The Morgan fingerprint density at radius 1 is 0.646 bits per heavy atom. The Bertz CT molecular complexity index is 2450. The van der Waals surface area contributed by atoms with Crippen molar-refractivity contribution in [3.63, 3.8) is 0 Å². The van der Waals surface area contributed by atoms with Gasteiger partial charge in [-0.05, 0) is 63.8 Å². The van der Waals surface area contributed by atoms with E-state index in [0.29, 0.717) is 28.9 Å². The Kier molecular flexibility index (Phi) is 15.8. The van der Waals surface area contributed by atoms with Crippen molar-refractivity contribution >= 4 is 47.3 Å². The molecule has 13 nitrogen and oxygen atoms in total. The summed E-state index contributed by atoms with van der Waals surface area (Å²) in [6.07, 6.45) is 2.96. The second-order valence-electron chi connectivity index (χ2n) is 16.1. The van der Waals surface area contributed by atoms with Gasteiger partial charge in [-0.25, -0.2) is 4.79 Å². The van der Waals surface area contributed by atoms with Crippen LogP contribution in [0.4, 0.5) is 0 Å². The largest absolute Gasteiger partial charge is 0.484 e. The first-order valence-electron chi connectivity index (χ1n) is 21.5. The molecule has 0 saturated carbocycles.